The number of urea groups is 1. The largest absolute Gasteiger partial charge is 0.353 e. The highest BCUT2D eigenvalue weighted by molar-refractivity contribution is 5.93. The van der Waals surface area contributed by atoms with Crippen molar-refractivity contribution in [1.29, 1.82) is 0 Å². The first-order valence-electron chi connectivity index (χ1n) is 10.4. The van der Waals surface area contributed by atoms with Crippen molar-refractivity contribution < 1.29 is 9.59 Å². The first kappa shape index (κ1) is 21.0. The predicted molar refractivity (Wildman–Crippen MR) is 116 cm³/mol. The third kappa shape index (κ3) is 5.62. The van der Waals surface area contributed by atoms with Crippen molar-refractivity contribution in [1.82, 2.24) is 14.4 Å². The molecule has 1 saturated carbocycles. The molecule has 0 aliphatic heterocycles. The van der Waals surface area contributed by atoms with E-state index in [2.05, 4.69) is 19.2 Å². The van der Waals surface area contributed by atoms with Crippen LogP contribution in [0.3, 0.4) is 0 Å². The van der Waals surface area contributed by atoms with Crippen LogP contribution in [-0.2, 0) is 18.4 Å². The van der Waals surface area contributed by atoms with Crippen LogP contribution < -0.4 is 5.32 Å². The second-order valence-corrected chi connectivity index (χ2v) is 8.38. The van der Waals surface area contributed by atoms with Gasteiger partial charge in [-0.3, -0.25) is 4.79 Å². The molecule has 1 aliphatic rings. The topological polar surface area (TPSA) is 57.6 Å². The summed E-state index contributed by atoms with van der Waals surface area (Å²) >= 11 is 0. The van der Waals surface area contributed by atoms with E-state index < -0.39 is 0 Å². The van der Waals surface area contributed by atoms with E-state index in [1.165, 1.54) is 0 Å². The van der Waals surface area contributed by atoms with Crippen LogP contribution in [0.1, 0.15) is 37.9 Å². The lowest BCUT2D eigenvalue weighted by Crippen LogP contribution is -2.46. The fraction of sp³-hybridized carbons (Fsp3) is 0.478. The summed E-state index contributed by atoms with van der Waals surface area (Å²) in [5.41, 5.74) is 2.88. The van der Waals surface area contributed by atoms with E-state index >= 15 is 0 Å². The van der Waals surface area contributed by atoms with Gasteiger partial charge in [-0.15, -0.1) is 0 Å². The Labute approximate surface area is 173 Å². The Morgan fingerprint density at radius 1 is 1.17 bits per heavy atom. The summed E-state index contributed by atoms with van der Waals surface area (Å²) in [6.45, 7) is 7.29. The molecular weight excluding hydrogens is 364 g/mol. The van der Waals surface area contributed by atoms with Crippen molar-refractivity contribution in [3.8, 4) is 0 Å². The molecule has 0 saturated heterocycles. The second-order valence-electron chi connectivity index (χ2n) is 8.38. The van der Waals surface area contributed by atoms with Crippen LogP contribution >= 0.6 is 0 Å². The van der Waals surface area contributed by atoms with E-state index in [4.69, 9.17) is 0 Å². The molecule has 0 atom stereocenters. The molecule has 1 fully saturated rings. The first-order chi connectivity index (χ1) is 13.8. The van der Waals surface area contributed by atoms with Crippen molar-refractivity contribution in [2.75, 3.05) is 18.4 Å². The van der Waals surface area contributed by atoms with Crippen molar-refractivity contribution in [3.05, 3.63) is 53.9 Å². The maximum atomic E-state index is 13.2. The molecule has 6 nitrogen and oxygen atoms in total. The number of para-hydroxylation sites is 1. The van der Waals surface area contributed by atoms with Gasteiger partial charge in [-0.05, 0) is 49.4 Å². The Bertz CT molecular complexity index is 854. The lowest BCUT2D eigenvalue weighted by atomic mass is 10.2. The molecule has 2 aromatic rings. The number of hydrogen-bond donors (Lipinski definition) is 1. The van der Waals surface area contributed by atoms with E-state index in [0.717, 1.165) is 29.8 Å². The van der Waals surface area contributed by atoms with Crippen LogP contribution in [0.5, 0.6) is 0 Å². The Kier molecular flexibility index (Phi) is 6.62. The van der Waals surface area contributed by atoms with Gasteiger partial charge in [-0.2, -0.15) is 0 Å². The minimum absolute atomic E-state index is 0.00860. The van der Waals surface area contributed by atoms with Crippen LogP contribution in [0, 0.1) is 12.8 Å². The summed E-state index contributed by atoms with van der Waals surface area (Å²) in [5, 5.41) is 2.97. The molecule has 0 spiro atoms. The van der Waals surface area contributed by atoms with E-state index in [9.17, 15) is 9.59 Å². The van der Waals surface area contributed by atoms with Gasteiger partial charge < -0.3 is 19.7 Å². The zero-order chi connectivity index (χ0) is 21.0. The van der Waals surface area contributed by atoms with Gasteiger partial charge in [0.1, 0.15) is 6.54 Å². The minimum atomic E-state index is -0.226. The molecule has 0 radical (unpaired) electrons. The van der Waals surface area contributed by atoms with Gasteiger partial charge in [0, 0.05) is 37.2 Å². The maximum absolute atomic E-state index is 13.2. The van der Waals surface area contributed by atoms with E-state index in [0.29, 0.717) is 13.1 Å². The Morgan fingerprint density at radius 3 is 2.48 bits per heavy atom. The normalized spacial score (nSPS) is 13.4. The molecule has 29 heavy (non-hydrogen) atoms. The third-order valence-corrected chi connectivity index (χ3v) is 5.28. The van der Waals surface area contributed by atoms with Crippen molar-refractivity contribution in [2.45, 2.75) is 46.2 Å². The second kappa shape index (κ2) is 9.16. The maximum Gasteiger partial charge on any atom is 0.322 e. The predicted octanol–water partition coefficient (Wildman–Crippen LogP) is 4.01. The summed E-state index contributed by atoms with van der Waals surface area (Å²) in [5.74, 6) is 0.280. The molecule has 1 aromatic carbocycles. The molecular formula is C23H32N4O2. The zero-order valence-electron chi connectivity index (χ0n) is 17.9. The standard InChI is InChI=1S/C23H32N4O2/c1-17(2)14-26(23(29)24-21-10-6-5-8-18(21)3)16-22(28)27(19-11-12-19)15-20-9-7-13-25(20)4/h5-10,13,17,19H,11-12,14-16H2,1-4H3,(H,24,29). The molecule has 0 bridgehead atoms. The number of hydrogen-bond acceptors (Lipinski definition) is 2. The van der Waals surface area contributed by atoms with Crippen LogP contribution in [0.4, 0.5) is 10.5 Å². The quantitative estimate of drug-likeness (QED) is 0.733. The molecule has 6 heteroatoms. The summed E-state index contributed by atoms with van der Waals surface area (Å²) in [6, 6.07) is 11.8. The lowest BCUT2D eigenvalue weighted by molar-refractivity contribution is -0.133. The molecule has 1 N–H and O–H groups in total. The number of aromatic nitrogens is 1. The van der Waals surface area contributed by atoms with Gasteiger partial charge in [0.25, 0.3) is 0 Å². The Hall–Kier alpha value is -2.76. The highest BCUT2D eigenvalue weighted by atomic mass is 16.2. The number of benzene rings is 1. The summed E-state index contributed by atoms with van der Waals surface area (Å²) < 4.78 is 2.04. The first-order valence-corrected chi connectivity index (χ1v) is 10.4. The van der Waals surface area contributed by atoms with Gasteiger partial charge in [0.15, 0.2) is 0 Å². The van der Waals surface area contributed by atoms with Crippen LogP contribution in [0.15, 0.2) is 42.6 Å². The highest BCUT2D eigenvalue weighted by Crippen LogP contribution is 2.28. The third-order valence-electron chi connectivity index (χ3n) is 5.28. The summed E-state index contributed by atoms with van der Waals surface area (Å²) in [4.78, 5) is 29.7. The molecule has 3 amide bonds. The van der Waals surface area contributed by atoms with Crippen molar-refractivity contribution >= 4 is 17.6 Å². The van der Waals surface area contributed by atoms with E-state index in [1.807, 2.05) is 66.0 Å². The molecule has 0 unspecified atom stereocenters. The van der Waals surface area contributed by atoms with Gasteiger partial charge in [0.05, 0.1) is 6.54 Å². The lowest BCUT2D eigenvalue weighted by Gasteiger charge is -2.29. The number of nitrogens with one attached hydrogen (secondary N) is 1. The minimum Gasteiger partial charge on any atom is -0.353 e. The Morgan fingerprint density at radius 2 is 1.90 bits per heavy atom. The van der Waals surface area contributed by atoms with Crippen molar-refractivity contribution in [2.24, 2.45) is 13.0 Å². The van der Waals surface area contributed by atoms with Gasteiger partial charge in [-0.25, -0.2) is 4.79 Å². The highest BCUT2D eigenvalue weighted by Gasteiger charge is 2.34. The average Bonchev–Trinajstić information content (AvgIpc) is 3.42. The van der Waals surface area contributed by atoms with Crippen LogP contribution in [0.25, 0.3) is 0 Å². The molecule has 1 aromatic heterocycles. The van der Waals surface area contributed by atoms with Gasteiger partial charge >= 0.3 is 6.03 Å². The average molecular weight is 397 g/mol. The van der Waals surface area contributed by atoms with Gasteiger partial charge in [-0.1, -0.05) is 32.0 Å². The molecule has 156 valence electrons. The SMILES string of the molecule is Cc1ccccc1NC(=O)N(CC(=O)N(Cc1cccn1C)C1CC1)CC(C)C. The van der Waals surface area contributed by atoms with Crippen molar-refractivity contribution in [3.63, 3.8) is 0 Å². The van der Waals surface area contributed by atoms with E-state index in [1.54, 1.807) is 4.90 Å². The smallest absolute Gasteiger partial charge is 0.322 e. The number of carbonyl (C=O) groups is 2. The van der Waals surface area contributed by atoms with Crippen LogP contribution in [-0.4, -0.2) is 45.4 Å². The van der Waals surface area contributed by atoms with Gasteiger partial charge in [0.2, 0.25) is 5.91 Å². The van der Waals surface area contributed by atoms with E-state index in [-0.39, 0.29) is 30.4 Å². The number of aryl methyl sites for hydroxylation is 2. The monoisotopic (exact) mass is 396 g/mol. The molecule has 1 aliphatic carbocycles. The number of amides is 3. The Balaban J connectivity index is 1.70. The zero-order valence-corrected chi connectivity index (χ0v) is 17.9. The summed E-state index contributed by atoms with van der Waals surface area (Å²) in [6.07, 6.45) is 4.07. The van der Waals surface area contributed by atoms with Crippen LogP contribution in [0.2, 0.25) is 0 Å². The number of anilines is 1. The summed E-state index contributed by atoms with van der Waals surface area (Å²) in [7, 11) is 1.99. The molecule has 1 heterocycles. The molecule has 3 rings (SSSR count). The number of nitrogens with zero attached hydrogens (tertiary/aromatic N) is 3. The fourth-order valence-electron chi connectivity index (χ4n) is 3.46. The number of carbonyl (C=O) groups excluding carboxylic acids is 2. The number of rotatable bonds is 8. The fourth-order valence-corrected chi connectivity index (χ4v) is 3.46.